The van der Waals surface area contributed by atoms with Crippen LogP contribution in [0.2, 0.25) is 0 Å². The number of fused-ring (bicyclic) bond motifs is 1. The smallest absolute Gasteiger partial charge is 0.163 e. The number of aliphatic hydroxyl groups is 1. The molecule has 0 aliphatic rings. The molecular weight excluding hydrogens is 228 g/mol. The molecule has 0 saturated carbocycles. The highest BCUT2D eigenvalue weighted by Gasteiger charge is 2.11. The lowest BCUT2D eigenvalue weighted by atomic mass is 9.98. The normalized spacial score (nSPS) is 10.5. The summed E-state index contributed by atoms with van der Waals surface area (Å²) in [4.78, 5) is 23.1. The van der Waals surface area contributed by atoms with Gasteiger partial charge in [0.1, 0.15) is 6.61 Å². The molecule has 2 rings (SSSR count). The molecule has 0 heterocycles. The van der Waals surface area contributed by atoms with E-state index < -0.39 is 6.61 Å². The second kappa shape index (κ2) is 5.56. The first kappa shape index (κ1) is 12.5. The Morgan fingerprint density at radius 1 is 0.944 bits per heavy atom. The van der Waals surface area contributed by atoms with Crippen molar-refractivity contribution in [3.63, 3.8) is 0 Å². The Kier molecular flexibility index (Phi) is 3.85. The average Bonchev–Trinajstić information content (AvgIpc) is 2.43. The van der Waals surface area contributed by atoms with Crippen LogP contribution in [0.3, 0.4) is 0 Å². The Hall–Kier alpha value is -2.00. The molecule has 0 atom stereocenters. The van der Waals surface area contributed by atoms with Crippen LogP contribution in [-0.4, -0.2) is 23.3 Å². The van der Waals surface area contributed by atoms with Crippen LogP contribution in [-0.2, 0) is 4.79 Å². The van der Waals surface area contributed by atoms with Gasteiger partial charge in [-0.3, -0.25) is 9.59 Å². The van der Waals surface area contributed by atoms with Crippen LogP contribution in [0.25, 0.3) is 10.8 Å². The van der Waals surface area contributed by atoms with E-state index in [-0.39, 0.29) is 24.4 Å². The van der Waals surface area contributed by atoms with Crippen molar-refractivity contribution in [2.45, 2.75) is 12.8 Å². The van der Waals surface area contributed by atoms with Gasteiger partial charge in [0.2, 0.25) is 0 Å². The zero-order chi connectivity index (χ0) is 13.0. The molecule has 0 bridgehead atoms. The fraction of sp³-hybridized carbons (Fsp3) is 0.200. The van der Waals surface area contributed by atoms with Crippen molar-refractivity contribution >= 4 is 22.3 Å². The molecule has 3 heteroatoms. The van der Waals surface area contributed by atoms with Gasteiger partial charge < -0.3 is 5.11 Å². The largest absolute Gasteiger partial charge is 0.389 e. The highest BCUT2D eigenvalue weighted by Crippen LogP contribution is 2.20. The standard InChI is InChI=1S/C15H14O3/c16-10-12(17)8-9-15(18)14-7-3-5-11-4-1-2-6-13(11)14/h1-7,16H,8-10H2. The summed E-state index contributed by atoms with van der Waals surface area (Å²) in [5.41, 5.74) is 0.638. The molecule has 1 N–H and O–H groups in total. The molecule has 3 nitrogen and oxygen atoms in total. The average molecular weight is 242 g/mol. The van der Waals surface area contributed by atoms with Crippen molar-refractivity contribution in [1.82, 2.24) is 0 Å². The zero-order valence-electron chi connectivity index (χ0n) is 9.93. The van der Waals surface area contributed by atoms with Crippen LogP contribution in [0.5, 0.6) is 0 Å². The summed E-state index contributed by atoms with van der Waals surface area (Å²) < 4.78 is 0. The molecule has 0 aromatic heterocycles. The van der Waals surface area contributed by atoms with Crippen molar-refractivity contribution in [3.8, 4) is 0 Å². The van der Waals surface area contributed by atoms with E-state index in [2.05, 4.69) is 0 Å². The molecule has 0 amide bonds. The van der Waals surface area contributed by atoms with Gasteiger partial charge in [-0.25, -0.2) is 0 Å². The minimum Gasteiger partial charge on any atom is -0.389 e. The third-order valence-corrected chi connectivity index (χ3v) is 2.90. The molecule has 18 heavy (non-hydrogen) atoms. The van der Waals surface area contributed by atoms with Gasteiger partial charge in [-0.05, 0) is 10.8 Å². The molecule has 0 aliphatic carbocycles. The zero-order valence-corrected chi connectivity index (χ0v) is 9.93. The summed E-state index contributed by atoms with van der Waals surface area (Å²) in [5, 5.41) is 10.5. The van der Waals surface area contributed by atoms with Gasteiger partial charge in [-0.2, -0.15) is 0 Å². The minimum absolute atomic E-state index is 0.0615. The van der Waals surface area contributed by atoms with E-state index in [0.717, 1.165) is 10.8 Å². The molecule has 2 aromatic rings. The van der Waals surface area contributed by atoms with Crippen LogP contribution < -0.4 is 0 Å². The molecule has 0 spiro atoms. The van der Waals surface area contributed by atoms with Gasteiger partial charge >= 0.3 is 0 Å². The van der Waals surface area contributed by atoms with Gasteiger partial charge in [-0.15, -0.1) is 0 Å². The molecule has 0 radical (unpaired) electrons. The van der Waals surface area contributed by atoms with E-state index in [1.54, 1.807) is 6.07 Å². The first-order valence-corrected chi connectivity index (χ1v) is 5.86. The Morgan fingerprint density at radius 3 is 2.44 bits per heavy atom. The van der Waals surface area contributed by atoms with Gasteiger partial charge in [-0.1, -0.05) is 42.5 Å². The van der Waals surface area contributed by atoms with Crippen molar-refractivity contribution in [2.24, 2.45) is 0 Å². The van der Waals surface area contributed by atoms with E-state index in [0.29, 0.717) is 5.56 Å². The maximum Gasteiger partial charge on any atom is 0.163 e. The number of carbonyl (C=O) groups is 2. The maximum atomic E-state index is 12.0. The third kappa shape index (κ3) is 2.63. The van der Waals surface area contributed by atoms with Gasteiger partial charge in [0.05, 0.1) is 0 Å². The number of hydrogen-bond acceptors (Lipinski definition) is 3. The van der Waals surface area contributed by atoms with Crippen LogP contribution in [0.4, 0.5) is 0 Å². The summed E-state index contributed by atoms with van der Waals surface area (Å²) in [6.07, 6.45) is 0.242. The van der Waals surface area contributed by atoms with E-state index in [4.69, 9.17) is 5.11 Å². The Labute approximate surface area is 105 Å². The predicted octanol–water partition coefficient (Wildman–Crippen LogP) is 2.36. The lowest BCUT2D eigenvalue weighted by Gasteiger charge is -2.05. The highest BCUT2D eigenvalue weighted by molar-refractivity contribution is 6.08. The Morgan fingerprint density at radius 2 is 1.67 bits per heavy atom. The van der Waals surface area contributed by atoms with Gasteiger partial charge in [0.25, 0.3) is 0 Å². The number of carbonyl (C=O) groups excluding carboxylic acids is 2. The molecule has 0 unspecified atom stereocenters. The number of Topliss-reactive ketones (excluding diaryl/α,β-unsaturated/α-hetero) is 2. The SMILES string of the molecule is O=C(CO)CCC(=O)c1cccc2ccccc12. The highest BCUT2D eigenvalue weighted by atomic mass is 16.3. The summed E-state index contributed by atoms with van der Waals surface area (Å²) in [6, 6.07) is 13.2. The number of aliphatic hydroxyl groups excluding tert-OH is 1. The lowest BCUT2D eigenvalue weighted by molar-refractivity contribution is -0.121. The quantitative estimate of drug-likeness (QED) is 0.819. The van der Waals surface area contributed by atoms with E-state index in [9.17, 15) is 9.59 Å². The number of hydrogen-bond donors (Lipinski definition) is 1. The predicted molar refractivity (Wildman–Crippen MR) is 69.6 cm³/mol. The van der Waals surface area contributed by atoms with E-state index in [1.165, 1.54) is 0 Å². The summed E-state index contributed by atoms with van der Waals surface area (Å²) in [7, 11) is 0. The van der Waals surface area contributed by atoms with Crippen LogP contribution >= 0.6 is 0 Å². The monoisotopic (exact) mass is 242 g/mol. The van der Waals surface area contributed by atoms with Crippen molar-refractivity contribution in [3.05, 3.63) is 48.0 Å². The molecule has 92 valence electrons. The summed E-state index contributed by atoms with van der Waals surface area (Å²) in [5.74, 6) is -0.364. The van der Waals surface area contributed by atoms with E-state index >= 15 is 0 Å². The van der Waals surface area contributed by atoms with Crippen LogP contribution in [0, 0.1) is 0 Å². The molecular formula is C15H14O3. The van der Waals surface area contributed by atoms with Crippen molar-refractivity contribution in [1.29, 1.82) is 0 Å². The summed E-state index contributed by atoms with van der Waals surface area (Å²) >= 11 is 0. The number of rotatable bonds is 5. The third-order valence-electron chi connectivity index (χ3n) is 2.90. The molecule has 2 aromatic carbocycles. The van der Waals surface area contributed by atoms with Gasteiger partial charge in [0.15, 0.2) is 11.6 Å². The van der Waals surface area contributed by atoms with Crippen molar-refractivity contribution < 1.29 is 14.7 Å². The van der Waals surface area contributed by atoms with Crippen LogP contribution in [0.1, 0.15) is 23.2 Å². The Balaban J connectivity index is 2.25. The second-order valence-corrected chi connectivity index (χ2v) is 4.15. The topological polar surface area (TPSA) is 54.4 Å². The maximum absolute atomic E-state index is 12.0. The molecule has 0 aliphatic heterocycles. The fourth-order valence-electron chi connectivity index (χ4n) is 1.94. The Bertz CT molecular complexity index is 582. The molecule has 0 fully saturated rings. The minimum atomic E-state index is -0.497. The first-order chi connectivity index (χ1) is 8.72. The lowest BCUT2D eigenvalue weighted by Crippen LogP contribution is -2.08. The van der Waals surface area contributed by atoms with Crippen LogP contribution in [0.15, 0.2) is 42.5 Å². The second-order valence-electron chi connectivity index (χ2n) is 4.15. The van der Waals surface area contributed by atoms with Gasteiger partial charge in [0, 0.05) is 18.4 Å². The number of benzene rings is 2. The number of ketones is 2. The van der Waals surface area contributed by atoms with Crippen molar-refractivity contribution in [2.75, 3.05) is 6.61 Å². The van der Waals surface area contributed by atoms with E-state index in [1.807, 2.05) is 36.4 Å². The fourth-order valence-corrected chi connectivity index (χ4v) is 1.94. The molecule has 0 saturated heterocycles. The summed E-state index contributed by atoms with van der Waals surface area (Å²) in [6.45, 7) is -0.497. The first-order valence-electron chi connectivity index (χ1n) is 5.86.